The number of anilines is 1. The van der Waals surface area contributed by atoms with Gasteiger partial charge in [0, 0.05) is 21.2 Å². The van der Waals surface area contributed by atoms with Crippen molar-refractivity contribution >= 4 is 28.4 Å². The van der Waals surface area contributed by atoms with Gasteiger partial charge in [0.05, 0.1) is 11.4 Å². The molecule has 4 rings (SSSR count). The van der Waals surface area contributed by atoms with Gasteiger partial charge in [-0.3, -0.25) is 0 Å². The zero-order valence-corrected chi connectivity index (χ0v) is 15.9. The second kappa shape index (κ2) is 6.59. The van der Waals surface area contributed by atoms with E-state index in [0.29, 0.717) is 0 Å². The molecule has 1 N–H and O–H groups in total. The molecule has 0 spiro atoms. The molecule has 24 heavy (non-hydrogen) atoms. The van der Waals surface area contributed by atoms with Gasteiger partial charge in [-0.1, -0.05) is 29.8 Å². The number of nitrogens with one attached hydrogen (secondary N) is 1. The second-order valence-corrected chi connectivity index (χ2v) is 7.56. The first-order valence-electron chi connectivity index (χ1n) is 8.41. The predicted molar refractivity (Wildman–Crippen MR) is 108 cm³/mol. The van der Waals surface area contributed by atoms with Crippen LogP contribution in [0.2, 0.25) is 0 Å². The minimum atomic E-state index is 1.01. The van der Waals surface area contributed by atoms with Crippen molar-refractivity contribution in [3.63, 3.8) is 0 Å². The van der Waals surface area contributed by atoms with Crippen LogP contribution in [-0.2, 0) is 6.42 Å². The van der Waals surface area contributed by atoms with Crippen molar-refractivity contribution in [2.75, 3.05) is 11.9 Å². The van der Waals surface area contributed by atoms with E-state index in [1.54, 1.807) is 0 Å². The van der Waals surface area contributed by atoms with Crippen molar-refractivity contribution in [1.29, 1.82) is 0 Å². The average Bonchev–Trinajstić information content (AvgIpc) is 2.77. The molecule has 1 aliphatic rings. The van der Waals surface area contributed by atoms with Gasteiger partial charge in [0.15, 0.2) is 0 Å². The van der Waals surface area contributed by atoms with Gasteiger partial charge in [-0.15, -0.1) is 0 Å². The molecule has 122 valence electrons. The third kappa shape index (κ3) is 2.95. The number of aryl methyl sites for hydroxylation is 1. The Morgan fingerprint density at radius 2 is 1.92 bits per heavy atom. The van der Waals surface area contributed by atoms with Crippen LogP contribution in [0.1, 0.15) is 24.0 Å². The summed E-state index contributed by atoms with van der Waals surface area (Å²) in [6.07, 6.45) is 3.49. The lowest BCUT2D eigenvalue weighted by molar-refractivity contribution is 0.780. The molecule has 0 saturated heterocycles. The normalized spacial score (nSPS) is 13.9. The van der Waals surface area contributed by atoms with E-state index in [2.05, 4.69) is 88.0 Å². The predicted octanol–water partition coefficient (Wildman–Crippen LogP) is 5.20. The summed E-state index contributed by atoms with van der Waals surface area (Å²) in [5.74, 6) is 1.16. The first kappa shape index (κ1) is 15.7. The zero-order valence-electron chi connectivity index (χ0n) is 13.7. The van der Waals surface area contributed by atoms with E-state index in [4.69, 9.17) is 5.10 Å². The van der Waals surface area contributed by atoms with Crippen LogP contribution in [0, 0.1) is 10.5 Å². The van der Waals surface area contributed by atoms with Crippen molar-refractivity contribution in [3.8, 4) is 16.9 Å². The van der Waals surface area contributed by atoms with Crippen LogP contribution in [0.5, 0.6) is 0 Å². The third-order valence-electron chi connectivity index (χ3n) is 4.51. The number of aromatic nitrogens is 2. The average molecular weight is 429 g/mol. The fourth-order valence-corrected chi connectivity index (χ4v) is 3.79. The molecule has 4 heteroatoms. The van der Waals surface area contributed by atoms with E-state index in [1.807, 2.05) is 0 Å². The Kier molecular flexibility index (Phi) is 4.31. The lowest BCUT2D eigenvalue weighted by atomic mass is 10.0. The first-order chi connectivity index (χ1) is 11.7. The van der Waals surface area contributed by atoms with Gasteiger partial charge in [-0.2, -0.15) is 5.10 Å². The van der Waals surface area contributed by atoms with Gasteiger partial charge in [-0.05, 0) is 73.0 Å². The lowest BCUT2D eigenvalue weighted by Crippen LogP contribution is -2.07. The maximum atomic E-state index is 5.00. The minimum Gasteiger partial charge on any atom is -0.370 e. The number of halogens is 1. The molecule has 0 aliphatic carbocycles. The number of benzene rings is 2. The van der Waals surface area contributed by atoms with Gasteiger partial charge in [0.25, 0.3) is 0 Å². The number of rotatable bonds is 2. The number of nitrogens with zero attached hydrogens (tertiary/aromatic N) is 2. The van der Waals surface area contributed by atoms with Crippen LogP contribution < -0.4 is 5.32 Å². The standard InChI is InChI=1S/C20H20IN3/c1-14-8-10-17(11-9-14)24-20-18(7-2-3-12-22-20)19(23-24)15-5-4-6-16(21)13-15/h4-6,8-11,13,22H,2-3,7,12H2,1H3. The van der Waals surface area contributed by atoms with E-state index in [-0.39, 0.29) is 0 Å². The van der Waals surface area contributed by atoms with E-state index < -0.39 is 0 Å². The van der Waals surface area contributed by atoms with Crippen molar-refractivity contribution in [3.05, 3.63) is 63.2 Å². The van der Waals surface area contributed by atoms with E-state index in [9.17, 15) is 0 Å². The molecule has 0 saturated carbocycles. The molecule has 0 fully saturated rings. The lowest BCUT2D eigenvalue weighted by Gasteiger charge is -2.09. The van der Waals surface area contributed by atoms with Gasteiger partial charge < -0.3 is 5.32 Å². The van der Waals surface area contributed by atoms with Crippen LogP contribution in [0.15, 0.2) is 48.5 Å². The first-order valence-corrected chi connectivity index (χ1v) is 9.49. The van der Waals surface area contributed by atoms with E-state index in [1.165, 1.54) is 33.1 Å². The molecule has 1 aromatic heterocycles. The summed E-state index contributed by atoms with van der Waals surface area (Å²) in [5.41, 5.74) is 6.03. The summed E-state index contributed by atoms with van der Waals surface area (Å²) in [7, 11) is 0. The summed E-state index contributed by atoms with van der Waals surface area (Å²) in [4.78, 5) is 0. The molecule has 1 aliphatic heterocycles. The molecule has 0 radical (unpaired) electrons. The smallest absolute Gasteiger partial charge is 0.133 e. The summed E-state index contributed by atoms with van der Waals surface area (Å²) in [6, 6.07) is 17.2. The van der Waals surface area contributed by atoms with E-state index in [0.717, 1.165) is 30.2 Å². The third-order valence-corrected chi connectivity index (χ3v) is 5.18. The Labute approximate surface area is 156 Å². The molecular weight excluding hydrogens is 409 g/mol. The zero-order chi connectivity index (χ0) is 16.5. The monoisotopic (exact) mass is 429 g/mol. The van der Waals surface area contributed by atoms with Crippen molar-refractivity contribution in [2.45, 2.75) is 26.2 Å². The van der Waals surface area contributed by atoms with Gasteiger partial charge >= 0.3 is 0 Å². The van der Waals surface area contributed by atoms with Crippen LogP contribution in [0.4, 0.5) is 5.82 Å². The molecule has 2 heterocycles. The molecule has 0 atom stereocenters. The largest absolute Gasteiger partial charge is 0.370 e. The van der Waals surface area contributed by atoms with Crippen LogP contribution in [0.3, 0.4) is 0 Å². The molecule has 2 aromatic carbocycles. The van der Waals surface area contributed by atoms with Crippen molar-refractivity contribution < 1.29 is 0 Å². The minimum absolute atomic E-state index is 1.01. The Morgan fingerprint density at radius 1 is 1.08 bits per heavy atom. The molecule has 3 aromatic rings. The fourth-order valence-electron chi connectivity index (χ4n) is 3.24. The highest BCUT2D eigenvalue weighted by atomic mass is 127. The fraction of sp³-hybridized carbons (Fsp3) is 0.250. The summed E-state index contributed by atoms with van der Waals surface area (Å²) in [5, 5.41) is 8.61. The maximum Gasteiger partial charge on any atom is 0.133 e. The van der Waals surface area contributed by atoms with Crippen LogP contribution >= 0.6 is 22.6 Å². The molecular formula is C20H20IN3. The summed E-state index contributed by atoms with van der Waals surface area (Å²) < 4.78 is 3.32. The Hall–Kier alpha value is -1.82. The Balaban J connectivity index is 1.90. The topological polar surface area (TPSA) is 29.9 Å². The molecule has 0 amide bonds. The van der Waals surface area contributed by atoms with Crippen LogP contribution in [0.25, 0.3) is 16.9 Å². The molecule has 0 unspecified atom stereocenters. The molecule has 0 bridgehead atoms. The number of hydrogen-bond donors (Lipinski definition) is 1. The SMILES string of the molecule is Cc1ccc(-n2nc(-c3cccc(I)c3)c3c2NCCCC3)cc1. The Bertz CT molecular complexity index is 865. The van der Waals surface area contributed by atoms with E-state index >= 15 is 0 Å². The quantitative estimate of drug-likeness (QED) is 0.568. The number of fused-ring (bicyclic) bond motifs is 1. The summed E-state index contributed by atoms with van der Waals surface area (Å²) in [6.45, 7) is 3.12. The van der Waals surface area contributed by atoms with Gasteiger partial charge in [-0.25, -0.2) is 4.68 Å². The van der Waals surface area contributed by atoms with Gasteiger partial charge in [0.2, 0.25) is 0 Å². The highest BCUT2D eigenvalue weighted by molar-refractivity contribution is 14.1. The highest BCUT2D eigenvalue weighted by Gasteiger charge is 2.21. The Morgan fingerprint density at radius 3 is 2.71 bits per heavy atom. The van der Waals surface area contributed by atoms with Gasteiger partial charge in [0.1, 0.15) is 5.82 Å². The van der Waals surface area contributed by atoms with Crippen molar-refractivity contribution in [2.24, 2.45) is 0 Å². The molecule has 3 nitrogen and oxygen atoms in total. The van der Waals surface area contributed by atoms with Crippen molar-refractivity contribution in [1.82, 2.24) is 9.78 Å². The van der Waals surface area contributed by atoms with Crippen LogP contribution in [-0.4, -0.2) is 16.3 Å². The highest BCUT2D eigenvalue weighted by Crippen LogP contribution is 2.34. The second-order valence-electron chi connectivity index (χ2n) is 6.32. The number of hydrogen-bond acceptors (Lipinski definition) is 2. The summed E-state index contributed by atoms with van der Waals surface area (Å²) >= 11 is 2.37. The maximum absolute atomic E-state index is 5.00.